The average Bonchev–Trinajstić information content (AvgIpc) is 2.87. The normalized spacial score (nSPS) is 12.1. The summed E-state index contributed by atoms with van der Waals surface area (Å²) in [6, 6.07) is 6.64. The summed E-state index contributed by atoms with van der Waals surface area (Å²) < 4.78 is 0.377. The number of benzene rings is 1. The molecule has 0 saturated heterocycles. The number of halogens is 2. The van der Waals surface area contributed by atoms with Gasteiger partial charge in [-0.15, -0.1) is 0 Å². The molecule has 0 unspecified atom stereocenters. The van der Waals surface area contributed by atoms with Crippen LogP contribution in [-0.2, 0) is 0 Å². The molecule has 0 spiro atoms. The number of nitrogens with zero attached hydrogens (tertiary/aromatic N) is 2. The largest absolute Gasteiger partial charge is 0.347 e. The van der Waals surface area contributed by atoms with Crippen LogP contribution in [0, 0.1) is 0 Å². The van der Waals surface area contributed by atoms with Crippen molar-refractivity contribution in [3.63, 3.8) is 0 Å². The molecule has 1 aromatic carbocycles. The van der Waals surface area contributed by atoms with E-state index in [1.807, 2.05) is 25.9 Å². The maximum absolute atomic E-state index is 12.3. The molecule has 134 valence electrons. The molecule has 0 aliphatic heterocycles. The Balaban J connectivity index is 2.09. The number of hydrogen-bond donors (Lipinski definition) is 3. The summed E-state index contributed by atoms with van der Waals surface area (Å²) in [5, 5.41) is 12.4. The highest BCUT2D eigenvalue weighted by Gasteiger charge is 2.21. The first-order valence-electron chi connectivity index (χ1n) is 7.55. The van der Waals surface area contributed by atoms with Crippen LogP contribution >= 0.6 is 27.5 Å². The quantitative estimate of drug-likeness (QED) is 0.660. The summed E-state index contributed by atoms with van der Waals surface area (Å²) in [7, 11) is 3.86. The van der Waals surface area contributed by atoms with E-state index in [1.54, 1.807) is 24.3 Å². The molecule has 25 heavy (non-hydrogen) atoms. The highest BCUT2D eigenvalue weighted by atomic mass is 79.9. The highest BCUT2D eigenvalue weighted by Crippen LogP contribution is 2.25. The van der Waals surface area contributed by atoms with Crippen molar-refractivity contribution in [1.82, 2.24) is 20.4 Å². The molecule has 2 rings (SSSR count). The summed E-state index contributed by atoms with van der Waals surface area (Å²) in [6.45, 7) is 2.61. The third kappa shape index (κ3) is 5.04. The predicted molar refractivity (Wildman–Crippen MR) is 101 cm³/mol. The summed E-state index contributed by atoms with van der Waals surface area (Å²) >= 11 is 9.31. The van der Waals surface area contributed by atoms with Crippen LogP contribution in [0.15, 0.2) is 28.7 Å². The second kappa shape index (κ2) is 8.46. The van der Waals surface area contributed by atoms with Crippen molar-refractivity contribution in [2.75, 3.05) is 26.0 Å². The van der Waals surface area contributed by atoms with Crippen molar-refractivity contribution in [2.45, 2.75) is 13.0 Å². The molecule has 0 aliphatic carbocycles. The van der Waals surface area contributed by atoms with Crippen LogP contribution in [0.5, 0.6) is 0 Å². The van der Waals surface area contributed by atoms with E-state index in [4.69, 9.17) is 11.6 Å². The number of rotatable bonds is 6. The zero-order chi connectivity index (χ0) is 18.6. The standard InChI is InChI=1S/C16H19BrClN5O2/c1-9(8-23(2)3)19-16(25)13-12(17)14(22-21-13)20-15(24)10-6-4-5-7-11(10)18/h4-7,9H,8H2,1-3H3,(H,19,25)(H2,20,21,22,24)/t9-/m1/s1. The zero-order valence-electron chi connectivity index (χ0n) is 14.1. The lowest BCUT2D eigenvalue weighted by Crippen LogP contribution is -2.39. The molecule has 1 atom stereocenters. The number of amides is 2. The molecule has 0 radical (unpaired) electrons. The molecule has 1 aromatic heterocycles. The number of carbonyl (C=O) groups excluding carboxylic acids is 2. The van der Waals surface area contributed by atoms with Gasteiger partial charge in [0.25, 0.3) is 11.8 Å². The minimum absolute atomic E-state index is 0.0427. The van der Waals surface area contributed by atoms with E-state index in [0.717, 1.165) is 0 Å². The Morgan fingerprint density at radius 3 is 2.64 bits per heavy atom. The highest BCUT2D eigenvalue weighted by molar-refractivity contribution is 9.10. The van der Waals surface area contributed by atoms with Crippen molar-refractivity contribution in [3.05, 3.63) is 45.0 Å². The van der Waals surface area contributed by atoms with Gasteiger partial charge < -0.3 is 15.5 Å². The topological polar surface area (TPSA) is 90.1 Å². The molecular weight excluding hydrogens is 410 g/mol. The molecule has 0 bridgehead atoms. The first-order valence-corrected chi connectivity index (χ1v) is 8.72. The fourth-order valence-corrected chi connectivity index (χ4v) is 2.95. The molecule has 7 nitrogen and oxygen atoms in total. The monoisotopic (exact) mass is 427 g/mol. The first kappa shape index (κ1) is 19.4. The van der Waals surface area contributed by atoms with Gasteiger partial charge in [0, 0.05) is 12.6 Å². The zero-order valence-corrected chi connectivity index (χ0v) is 16.4. The number of H-pyrrole nitrogens is 1. The third-order valence-corrected chi connectivity index (χ3v) is 4.40. The molecule has 2 amide bonds. The Bertz CT molecular complexity index is 778. The van der Waals surface area contributed by atoms with Crippen LogP contribution < -0.4 is 10.6 Å². The Kier molecular flexibility index (Phi) is 6.57. The fraction of sp³-hybridized carbons (Fsp3) is 0.312. The van der Waals surface area contributed by atoms with Gasteiger partial charge in [-0.2, -0.15) is 5.10 Å². The molecule has 2 aromatic rings. The summed E-state index contributed by atoms with van der Waals surface area (Å²) in [5.74, 6) is -0.506. The Morgan fingerprint density at radius 1 is 1.32 bits per heavy atom. The van der Waals surface area contributed by atoms with E-state index < -0.39 is 5.91 Å². The van der Waals surface area contributed by atoms with E-state index in [-0.39, 0.29) is 23.5 Å². The van der Waals surface area contributed by atoms with E-state index in [2.05, 4.69) is 36.8 Å². The van der Waals surface area contributed by atoms with Crippen molar-refractivity contribution in [3.8, 4) is 0 Å². The lowest BCUT2D eigenvalue weighted by atomic mass is 10.2. The van der Waals surface area contributed by atoms with E-state index >= 15 is 0 Å². The van der Waals surface area contributed by atoms with E-state index in [0.29, 0.717) is 21.6 Å². The maximum atomic E-state index is 12.3. The van der Waals surface area contributed by atoms with Crippen LogP contribution in [0.4, 0.5) is 5.82 Å². The van der Waals surface area contributed by atoms with Gasteiger partial charge in [-0.3, -0.25) is 14.7 Å². The van der Waals surface area contributed by atoms with E-state index in [1.165, 1.54) is 0 Å². The van der Waals surface area contributed by atoms with Crippen LogP contribution in [0.25, 0.3) is 0 Å². The van der Waals surface area contributed by atoms with Gasteiger partial charge in [-0.1, -0.05) is 23.7 Å². The summed E-state index contributed by atoms with van der Waals surface area (Å²) in [5.41, 5.74) is 0.560. The second-order valence-electron chi connectivity index (χ2n) is 5.83. The molecule has 0 aliphatic rings. The second-order valence-corrected chi connectivity index (χ2v) is 7.03. The number of hydrogen-bond acceptors (Lipinski definition) is 4. The number of nitrogens with one attached hydrogen (secondary N) is 3. The van der Waals surface area contributed by atoms with Gasteiger partial charge in [0.15, 0.2) is 5.82 Å². The third-order valence-electron chi connectivity index (χ3n) is 3.30. The fourth-order valence-electron chi connectivity index (χ4n) is 2.27. The van der Waals surface area contributed by atoms with Gasteiger partial charge >= 0.3 is 0 Å². The van der Waals surface area contributed by atoms with Crippen molar-refractivity contribution < 1.29 is 9.59 Å². The van der Waals surface area contributed by atoms with Crippen molar-refractivity contribution >= 4 is 45.2 Å². The predicted octanol–water partition coefficient (Wildman–Crippen LogP) is 2.76. The summed E-state index contributed by atoms with van der Waals surface area (Å²) in [4.78, 5) is 26.6. The van der Waals surface area contributed by atoms with Crippen LogP contribution in [0.3, 0.4) is 0 Å². The Labute approximate surface area is 159 Å². The van der Waals surface area contributed by atoms with E-state index in [9.17, 15) is 9.59 Å². The van der Waals surface area contributed by atoms with Gasteiger partial charge in [0.2, 0.25) is 0 Å². The molecule has 3 N–H and O–H groups in total. The van der Waals surface area contributed by atoms with Gasteiger partial charge in [-0.25, -0.2) is 0 Å². The number of aromatic nitrogens is 2. The molecule has 0 saturated carbocycles. The van der Waals surface area contributed by atoms with Crippen molar-refractivity contribution in [1.29, 1.82) is 0 Å². The summed E-state index contributed by atoms with van der Waals surface area (Å²) in [6.07, 6.45) is 0. The Hall–Kier alpha value is -1.90. The smallest absolute Gasteiger partial charge is 0.270 e. The van der Waals surface area contributed by atoms with Crippen LogP contribution in [0.1, 0.15) is 27.8 Å². The number of aromatic amines is 1. The maximum Gasteiger partial charge on any atom is 0.270 e. The Morgan fingerprint density at radius 2 is 2.00 bits per heavy atom. The number of anilines is 1. The van der Waals surface area contributed by atoms with Gasteiger partial charge in [0.05, 0.1) is 15.1 Å². The first-order chi connectivity index (χ1) is 11.8. The van der Waals surface area contributed by atoms with Crippen LogP contribution in [0.2, 0.25) is 5.02 Å². The molecule has 1 heterocycles. The minimum Gasteiger partial charge on any atom is -0.347 e. The lowest BCUT2D eigenvalue weighted by molar-refractivity contribution is 0.0927. The average molecular weight is 429 g/mol. The van der Waals surface area contributed by atoms with Gasteiger partial charge in [0.1, 0.15) is 5.69 Å². The lowest BCUT2D eigenvalue weighted by Gasteiger charge is -2.17. The van der Waals surface area contributed by atoms with Crippen molar-refractivity contribution in [2.24, 2.45) is 0 Å². The minimum atomic E-state index is -0.411. The SMILES string of the molecule is C[C@H](CN(C)C)NC(=O)c1[nH]nc(NC(=O)c2ccccc2Cl)c1Br. The number of carbonyl (C=O) groups is 2. The number of likely N-dealkylation sites (N-methyl/N-ethyl adjacent to an activating group) is 1. The van der Waals surface area contributed by atoms with Crippen LogP contribution in [-0.4, -0.2) is 53.6 Å². The molecular formula is C16H19BrClN5O2. The van der Waals surface area contributed by atoms with Gasteiger partial charge in [-0.05, 0) is 49.1 Å². The molecule has 0 fully saturated rings. The molecule has 9 heteroatoms.